The third kappa shape index (κ3) is 9.31. The average Bonchev–Trinajstić information content (AvgIpc) is 3.30. The van der Waals surface area contributed by atoms with E-state index in [1.807, 2.05) is 4.98 Å². The topological polar surface area (TPSA) is 338 Å². The van der Waals surface area contributed by atoms with E-state index in [2.05, 4.69) is 5.32 Å². The molecule has 0 saturated carbocycles. The summed E-state index contributed by atoms with van der Waals surface area (Å²) in [6.07, 6.45) is -13.6. The van der Waals surface area contributed by atoms with Crippen LogP contribution in [-0.2, 0) is 47.9 Å². The quantitative estimate of drug-likeness (QED) is 0.0562. The van der Waals surface area contributed by atoms with Gasteiger partial charge in [0.05, 0.1) is 30.3 Å². The number of nitrogens with zero attached hydrogens (tertiary/aromatic N) is 2. The van der Waals surface area contributed by atoms with E-state index in [-0.39, 0.29) is 5.56 Å². The summed E-state index contributed by atoms with van der Waals surface area (Å²) in [6.45, 7) is -1.97. The van der Waals surface area contributed by atoms with Gasteiger partial charge in [0.2, 0.25) is 5.91 Å². The predicted octanol–water partition coefficient (Wildman–Crippen LogP) is -2.52. The lowest BCUT2D eigenvalue weighted by atomic mass is 9.97. The number of H-pyrrole nitrogens is 1. The van der Waals surface area contributed by atoms with Crippen LogP contribution in [0.5, 0.6) is 0 Å². The lowest BCUT2D eigenvalue weighted by molar-refractivity contribution is -0.385. The number of carbonyl (C=O) groups excluding carboxylic acids is 1. The van der Waals surface area contributed by atoms with Crippen LogP contribution in [0.4, 0.5) is 5.69 Å². The summed E-state index contributed by atoms with van der Waals surface area (Å²) in [5, 5.41) is 64.8. The number of nitrogens with one attached hydrogen (secondary N) is 2. The molecule has 4 rings (SSSR count). The number of phosphoric ester groups is 2. The zero-order valence-corrected chi connectivity index (χ0v) is 26.8. The fraction of sp³-hybridized carbons (Fsp3) is 0.542. The van der Waals surface area contributed by atoms with E-state index in [9.17, 15) is 64.1 Å². The molecule has 11 atom stereocenters. The molecule has 2 unspecified atom stereocenters. The zero-order valence-electron chi connectivity index (χ0n) is 25.1. The number of hydrogen-bond donors (Lipinski definition) is 8. The maximum atomic E-state index is 13.8. The van der Waals surface area contributed by atoms with Gasteiger partial charge in [-0.3, -0.25) is 42.8 Å². The summed E-state index contributed by atoms with van der Waals surface area (Å²) in [7, 11) is -11.3. The van der Waals surface area contributed by atoms with Gasteiger partial charge in [-0.25, -0.2) is 13.9 Å². The lowest BCUT2D eigenvalue weighted by Gasteiger charge is -2.42. The molecule has 0 spiro atoms. The van der Waals surface area contributed by atoms with Crippen molar-refractivity contribution in [2.45, 2.75) is 68.7 Å². The van der Waals surface area contributed by atoms with Crippen LogP contribution in [0.2, 0.25) is 0 Å². The Morgan fingerprint density at radius 2 is 1.71 bits per heavy atom. The van der Waals surface area contributed by atoms with Crippen molar-refractivity contribution in [1.29, 1.82) is 0 Å². The molecule has 2 aromatic rings. The van der Waals surface area contributed by atoms with Crippen molar-refractivity contribution in [3.63, 3.8) is 0 Å². The Morgan fingerprint density at radius 1 is 1.04 bits per heavy atom. The molecule has 0 aliphatic carbocycles. The highest BCUT2D eigenvalue weighted by Gasteiger charge is 2.51. The SMILES string of the molecule is CC(=O)N[C@H]1[C@@H](OP(=O)(O)OP(=O)(OCc2ccccc2[N+](=O)[O-])OC[C@@H]2O[C@H](n3ccc(=O)[nH]c3=O)[C@@H](O)[C@H]2O)O[C@H](CO)[C@@H](O)[C@@H]1O. The molecule has 1 aromatic heterocycles. The summed E-state index contributed by atoms with van der Waals surface area (Å²) in [5.41, 5.74) is -2.56. The number of ether oxygens (including phenoxy) is 2. The van der Waals surface area contributed by atoms with E-state index in [1.165, 1.54) is 18.2 Å². The van der Waals surface area contributed by atoms with Gasteiger partial charge in [-0.2, -0.15) is 4.31 Å². The Bertz CT molecular complexity index is 1720. The van der Waals surface area contributed by atoms with E-state index in [4.69, 9.17) is 27.4 Å². The molecule has 1 amide bonds. The molecule has 1 aromatic carbocycles. The van der Waals surface area contributed by atoms with Crippen molar-refractivity contribution in [3.8, 4) is 0 Å². The van der Waals surface area contributed by atoms with Gasteiger partial charge in [-0.05, 0) is 6.07 Å². The minimum atomic E-state index is -5.79. The zero-order chi connectivity index (χ0) is 36.3. The predicted molar refractivity (Wildman–Crippen MR) is 156 cm³/mol. The van der Waals surface area contributed by atoms with Gasteiger partial charge in [0.25, 0.3) is 11.2 Å². The highest BCUT2D eigenvalue weighted by atomic mass is 31.3. The van der Waals surface area contributed by atoms with Gasteiger partial charge in [-0.1, -0.05) is 12.1 Å². The fourth-order valence-corrected chi connectivity index (χ4v) is 7.46. The van der Waals surface area contributed by atoms with Crippen LogP contribution in [0.1, 0.15) is 18.7 Å². The van der Waals surface area contributed by atoms with Crippen molar-refractivity contribution in [2.75, 3.05) is 13.2 Å². The molecule has 23 nitrogen and oxygen atoms in total. The lowest BCUT2D eigenvalue weighted by Crippen LogP contribution is -2.64. The van der Waals surface area contributed by atoms with E-state index in [1.54, 1.807) is 0 Å². The van der Waals surface area contributed by atoms with Crippen LogP contribution in [0, 0.1) is 10.1 Å². The molecule has 272 valence electrons. The highest BCUT2D eigenvalue weighted by molar-refractivity contribution is 7.61. The number of carbonyl (C=O) groups is 1. The van der Waals surface area contributed by atoms with Gasteiger partial charge in [-0.15, -0.1) is 0 Å². The maximum Gasteiger partial charge on any atom is 0.484 e. The van der Waals surface area contributed by atoms with Gasteiger partial charge in [0, 0.05) is 25.3 Å². The minimum Gasteiger partial charge on any atom is -0.394 e. The number of hydrogen-bond acceptors (Lipinski definition) is 18. The van der Waals surface area contributed by atoms with Crippen LogP contribution >= 0.6 is 15.6 Å². The number of para-hydroxylation sites is 1. The van der Waals surface area contributed by atoms with Crippen LogP contribution in [0.15, 0.2) is 46.1 Å². The van der Waals surface area contributed by atoms with Gasteiger partial charge < -0.3 is 45.2 Å². The largest absolute Gasteiger partial charge is 0.484 e. The molecule has 2 saturated heterocycles. The Morgan fingerprint density at radius 3 is 2.35 bits per heavy atom. The van der Waals surface area contributed by atoms with Crippen molar-refractivity contribution in [3.05, 3.63) is 73.0 Å². The third-order valence-corrected chi connectivity index (χ3v) is 10.1. The van der Waals surface area contributed by atoms with Crippen LogP contribution < -0.4 is 16.6 Å². The van der Waals surface area contributed by atoms with Crippen molar-refractivity contribution in [1.82, 2.24) is 14.9 Å². The number of aromatic nitrogens is 2. The molecule has 2 fully saturated rings. The Balaban J connectivity index is 1.58. The molecule has 0 radical (unpaired) electrons. The summed E-state index contributed by atoms with van der Waals surface area (Å²) >= 11 is 0. The Hall–Kier alpha value is -3.25. The molecule has 49 heavy (non-hydrogen) atoms. The summed E-state index contributed by atoms with van der Waals surface area (Å²) in [5.74, 6) is -0.828. The number of amides is 1. The molecule has 25 heteroatoms. The minimum absolute atomic E-state index is 0.220. The first-order valence-electron chi connectivity index (χ1n) is 14.0. The monoisotopic (exact) mass is 742 g/mol. The number of aliphatic hydroxyl groups is 5. The van der Waals surface area contributed by atoms with E-state index in [0.29, 0.717) is 4.57 Å². The number of benzene rings is 1. The van der Waals surface area contributed by atoms with Gasteiger partial charge >= 0.3 is 21.3 Å². The molecule has 3 heterocycles. The smallest absolute Gasteiger partial charge is 0.394 e. The number of rotatable bonds is 14. The second-order valence-corrected chi connectivity index (χ2v) is 13.8. The molecular formula is C24H32N4O19P2. The highest BCUT2D eigenvalue weighted by Crippen LogP contribution is 2.64. The average molecular weight is 742 g/mol. The molecular weight excluding hydrogens is 710 g/mol. The number of phosphoric acid groups is 2. The van der Waals surface area contributed by atoms with Crippen LogP contribution in [-0.4, -0.2) is 113 Å². The third-order valence-electron chi connectivity index (χ3n) is 7.12. The van der Waals surface area contributed by atoms with Crippen molar-refractivity contribution < 1.29 is 76.6 Å². The summed E-state index contributed by atoms with van der Waals surface area (Å²) in [6, 6.07) is 4.05. The standard InChI is InChI=1S/C24H32N4O19P2/c1-11(30)25-17-20(34)18(32)14(8-29)45-23(17)46-48(39,40)47-49(41,42-9-12-4-2-3-5-13(12)28(37)38)43-10-15-19(33)21(35)22(44-15)27-7-6-16(31)26-24(27)36/h2-7,14-15,17-23,29,32-35H,8-10H2,1H3,(H,25,30)(H,39,40)(H,26,31,36)/t14-,15+,17-,18-,19+,20-,21+,22+,23-,49?/m1/s1. The second kappa shape index (κ2) is 15.7. The number of nitro benzene ring substituents is 1. The fourth-order valence-electron chi connectivity index (χ4n) is 4.77. The maximum absolute atomic E-state index is 13.8. The molecule has 0 bridgehead atoms. The van der Waals surface area contributed by atoms with Crippen molar-refractivity contribution in [2.24, 2.45) is 0 Å². The van der Waals surface area contributed by atoms with Crippen molar-refractivity contribution >= 4 is 27.2 Å². The van der Waals surface area contributed by atoms with Gasteiger partial charge in [0.15, 0.2) is 12.5 Å². The van der Waals surface area contributed by atoms with E-state index >= 15 is 0 Å². The number of aromatic amines is 1. The first-order chi connectivity index (χ1) is 22.9. The van der Waals surface area contributed by atoms with Crippen LogP contribution in [0.25, 0.3) is 0 Å². The number of aliphatic hydroxyl groups excluding tert-OH is 5. The summed E-state index contributed by atoms with van der Waals surface area (Å²) in [4.78, 5) is 58.5. The number of nitro groups is 1. The van der Waals surface area contributed by atoms with Crippen LogP contribution in [0.3, 0.4) is 0 Å². The first-order valence-corrected chi connectivity index (χ1v) is 17.0. The second-order valence-electron chi connectivity index (χ2n) is 10.6. The van der Waals surface area contributed by atoms with E-state index in [0.717, 1.165) is 25.3 Å². The summed E-state index contributed by atoms with van der Waals surface area (Å²) < 4.78 is 58.3. The van der Waals surface area contributed by atoms with Gasteiger partial charge in [0.1, 0.15) is 42.7 Å². The molecule has 8 N–H and O–H groups in total. The normalized spacial score (nSPS) is 31.0. The molecule has 2 aliphatic heterocycles. The van der Waals surface area contributed by atoms with E-state index < -0.39 is 118 Å². The Labute approximate surface area is 273 Å². The Kier molecular flexibility index (Phi) is 12.4. The first kappa shape index (κ1) is 38.6. The molecule has 2 aliphatic rings.